The molecule has 1 aromatic carbocycles. The highest BCUT2D eigenvalue weighted by atomic mass is 19.4. The van der Waals surface area contributed by atoms with Gasteiger partial charge in [0.05, 0.1) is 12.1 Å². The first-order chi connectivity index (χ1) is 12.2. The number of rotatable bonds is 3. The first kappa shape index (κ1) is 18.3. The minimum Gasteiger partial charge on any atom is -0.331 e. The topological polar surface area (TPSA) is 64.7 Å². The Bertz CT molecular complexity index is 695. The minimum absolute atomic E-state index is 0.0608. The van der Waals surface area contributed by atoms with E-state index in [-0.39, 0.29) is 30.6 Å². The van der Waals surface area contributed by atoms with Gasteiger partial charge in [-0.25, -0.2) is 9.59 Å². The number of nitrogens with zero attached hydrogens (tertiary/aromatic N) is 2. The molecule has 4 amide bonds. The Morgan fingerprint density at radius 1 is 1.35 bits per heavy atom. The molecule has 2 aliphatic rings. The van der Waals surface area contributed by atoms with E-state index in [0.717, 1.165) is 0 Å². The van der Waals surface area contributed by atoms with Crippen LogP contribution in [0.3, 0.4) is 0 Å². The Kier molecular flexibility index (Phi) is 4.97. The van der Waals surface area contributed by atoms with E-state index in [9.17, 15) is 22.8 Å². The third-order valence-corrected chi connectivity index (χ3v) is 4.93. The van der Waals surface area contributed by atoms with Crippen LogP contribution < -0.4 is 10.6 Å². The molecule has 0 aliphatic carbocycles. The van der Waals surface area contributed by atoms with Crippen molar-refractivity contribution >= 4 is 17.7 Å². The van der Waals surface area contributed by atoms with E-state index < -0.39 is 12.6 Å². The maximum atomic E-state index is 12.5. The first-order valence-electron chi connectivity index (χ1n) is 8.48. The van der Waals surface area contributed by atoms with E-state index >= 15 is 0 Å². The van der Waals surface area contributed by atoms with Crippen LogP contribution >= 0.6 is 0 Å². The molecule has 2 heterocycles. The Balaban J connectivity index is 1.63. The summed E-state index contributed by atoms with van der Waals surface area (Å²) >= 11 is 0. The van der Waals surface area contributed by atoms with Gasteiger partial charge in [-0.1, -0.05) is 18.2 Å². The van der Waals surface area contributed by atoms with Crippen molar-refractivity contribution in [1.29, 1.82) is 0 Å². The molecule has 0 spiro atoms. The number of benzene rings is 1. The van der Waals surface area contributed by atoms with E-state index in [1.165, 1.54) is 0 Å². The number of nitrogens with one attached hydrogen (secondary N) is 2. The molecule has 0 aromatic heterocycles. The molecule has 0 bridgehead atoms. The lowest BCUT2D eigenvalue weighted by Crippen LogP contribution is -2.53. The lowest BCUT2D eigenvalue weighted by atomic mass is 10.0. The van der Waals surface area contributed by atoms with Gasteiger partial charge >= 0.3 is 18.2 Å². The second-order valence-corrected chi connectivity index (χ2v) is 6.67. The van der Waals surface area contributed by atoms with Crippen molar-refractivity contribution in [3.8, 4) is 0 Å². The summed E-state index contributed by atoms with van der Waals surface area (Å²) in [5.74, 6) is 0. The van der Waals surface area contributed by atoms with E-state index in [1.807, 2.05) is 0 Å². The monoisotopic (exact) mass is 370 g/mol. The van der Waals surface area contributed by atoms with Crippen LogP contribution in [0, 0.1) is 0 Å². The summed E-state index contributed by atoms with van der Waals surface area (Å²) < 4.78 is 37.4. The summed E-state index contributed by atoms with van der Waals surface area (Å²) in [5.41, 5.74) is 0.832. The maximum absolute atomic E-state index is 12.5. The van der Waals surface area contributed by atoms with Gasteiger partial charge in [0, 0.05) is 32.2 Å². The largest absolute Gasteiger partial charge is 0.389 e. The highest BCUT2D eigenvalue weighted by Crippen LogP contribution is 2.26. The van der Waals surface area contributed by atoms with Gasteiger partial charge in [0.1, 0.15) is 0 Å². The minimum atomic E-state index is -4.24. The van der Waals surface area contributed by atoms with Crippen molar-refractivity contribution in [3.63, 3.8) is 0 Å². The fourth-order valence-electron chi connectivity index (χ4n) is 3.47. The molecule has 0 radical (unpaired) electrons. The number of likely N-dealkylation sites (N-methyl/N-ethyl adjacent to an activating group) is 1. The van der Waals surface area contributed by atoms with Crippen LogP contribution in [0.5, 0.6) is 0 Å². The van der Waals surface area contributed by atoms with Gasteiger partial charge in [0.2, 0.25) is 0 Å². The molecular formula is C17H21F3N4O2. The molecule has 6 nitrogen and oxygen atoms in total. The fourth-order valence-corrected chi connectivity index (χ4v) is 3.47. The summed E-state index contributed by atoms with van der Waals surface area (Å²) in [7, 11) is 1.73. The summed E-state index contributed by atoms with van der Waals surface area (Å²) in [6.07, 6.45) is -4.72. The number of carbonyl (C=O) groups is 2. The van der Waals surface area contributed by atoms with Gasteiger partial charge in [0.15, 0.2) is 0 Å². The molecule has 142 valence electrons. The van der Waals surface area contributed by atoms with Crippen molar-refractivity contribution < 1.29 is 22.8 Å². The van der Waals surface area contributed by atoms with Crippen LogP contribution in [0.1, 0.15) is 18.4 Å². The average Bonchev–Trinajstić information content (AvgIpc) is 2.87. The quantitative estimate of drug-likeness (QED) is 0.859. The lowest BCUT2D eigenvalue weighted by Gasteiger charge is -2.35. The molecule has 0 unspecified atom stereocenters. The standard InChI is InChI=1S/C17H21F3N4O2/c1-23-14-7-9-24(10-13(14)22-15(23)25)16(26)21-12-5-3-2-4-11(12)6-8-17(18,19)20/h2-5,13-14H,6-10H2,1H3,(H,21,26)(H,22,25)/t13-,14+/m1/s1. The highest BCUT2D eigenvalue weighted by molar-refractivity contribution is 5.90. The SMILES string of the molecule is CN1C(=O)N[C@@H]2CN(C(=O)Nc3ccccc3CCC(F)(F)F)CC[C@@H]21. The summed E-state index contributed by atoms with van der Waals surface area (Å²) in [5, 5.41) is 5.56. The fraction of sp³-hybridized carbons (Fsp3) is 0.529. The van der Waals surface area contributed by atoms with Crippen molar-refractivity contribution in [1.82, 2.24) is 15.1 Å². The number of hydrogen-bond acceptors (Lipinski definition) is 2. The Morgan fingerprint density at radius 2 is 2.08 bits per heavy atom. The third-order valence-electron chi connectivity index (χ3n) is 4.93. The molecule has 2 fully saturated rings. The summed E-state index contributed by atoms with van der Waals surface area (Å²) in [6, 6.07) is 5.91. The van der Waals surface area contributed by atoms with E-state index in [4.69, 9.17) is 0 Å². The lowest BCUT2D eigenvalue weighted by molar-refractivity contribution is -0.133. The number of para-hydroxylation sites is 1. The number of carbonyl (C=O) groups excluding carboxylic acids is 2. The number of halogens is 3. The summed E-state index contributed by atoms with van der Waals surface area (Å²) in [4.78, 5) is 27.5. The summed E-state index contributed by atoms with van der Waals surface area (Å²) in [6.45, 7) is 0.855. The molecule has 26 heavy (non-hydrogen) atoms. The number of alkyl halides is 3. The zero-order valence-corrected chi connectivity index (χ0v) is 14.3. The smallest absolute Gasteiger partial charge is 0.331 e. The number of amides is 4. The number of likely N-dealkylation sites (tertiary alicyclic amines) is 1. The number of anilines is 1. The normalized spacial score (nSPS) is 22.8. The second kappa shape index (κ2) is 7.05. The molecule has 9 heteroatoms. The predicted molar refractivity (Wildman–Crippen MR) is 89.9 cm³/mol. The number of piperidine rings is 1. The number of fused-ring (bicyclic) bond motifs is 1. The van der Waals surface area contributed by atoms with Crippen LogP contribution in [0.15, 0.2) is 24.3 Å². The molecule has 1 aromatic rings. The van der Waals surface area contributed by atoms with E-state index in [2.05, 4.69) is 10.6 Å². The van der Waals surface area contributed by atoms with Crippen LogP contribution in [0.4, 0.5) is 28.4 Å². The highest BCUT2D eigenvalue weighted by Gasteiger charge is 2.41. The Morgan fingerprint density at radius 3 is 2.81 bits per heavy atom. The van der Waals surface area contributed by atoms with Crippen molar-refractivity contribution in [2.24, 2.45) is 0 Å². The van der Waals surface area contributed by atoms with Gasteiger partial charge in [-0.15, -0.1) is 0 Å². The van der Waals surface area contributed by atoms with Crippen molar-refractivity contribution in [2.45, 2.75) is 37.5 Å². The number of hydrogen-bond donors (Lipinski definition) is 2. The van der Waals surface area contributed by atoms with Gasteiger partial charge in [0.25, 0.3) is 0 Å². The predicted octanol–water partition coefficient (Wildman–Crippen LogP) is 2.81. The van der Waals surface area contributed by atoms with Crippen LogP contribution in [-0.2, 0) is 6.42 Å². The van der Waals surface area contributed by atoms with Gasteiger partial charge in [-0.05, 0) is 24.5 Å². The third kappa shape index (κ3) is 4.03. The van der Waals surface area contributed by atoms with Crippen LogP contribution in [-0.4, -0.2) is 60.3 Å². The Labute approximate surface area is 149 Å². The van der Waals surface area contributed by atoms with Crippen LogP contribution in [0.25, 0.3) is 0 Å². The molecule has 2 N–H and O–H groups in total. The zero-order valence-electron chi connectivity index (χ0n) is 14.3. The molecule has 2 aliphatic heterocycles. The second-order valence-electron chi connectivity index (χ2n) is 6.67. The molecule has 2 saturated heterocycles. The van der Waals surface area contributed by atoms with Gasteiger partial charge in [-0.2, -0.15) is 13.2 Å². The van der Waals surface area contributed by atoms with Gasteiger partial charge in [-0.3, -0.25) is 0 Å². The molecule has 0 saturated carbocycles. The molecular weight excluding hydrogens is 349 g/mol. The number of aryl methyl sites for hydroxylation is 1. The van der Waals surface area contributed by atoms with Crippen LogP contribution in [0.2, 0.25) is 0 Å². The first-order valence-corrected chi connectivity index (χ1v) is 8.48. The average molecular weight is 370 g/mol. The number of urea groups is 2. The zero-order chi connectivity index (χ0) is 18.9. The van der Waals surface area contributed by atoms with E-state index in [1.54, 1.807) is 41.1 Å². The molecule has 2 atom stereocenters. The van der Waals surface area contributed by atoms with Crippen molar-refractivity contribution in [2.75, 3.05) is 25.5 Å². The Hall–Kier alpha value is -2.45. The molecule has 3 rings (SSSR count). The van der Waals surface area contributed by atoms with Crippen molar-refractivity contribution in [3.05, 3.63) is 29.8 Å². The van der Waals surface area contributed by atoms with E-state index in [0.29, 0.717) is 30.8 Å². The maximum Gasteiger partial charge on any atom is 0.389 e. The van der Waals surface area contributed by atoms with Gasteiger partial charge < -0.3 is 20.4 Å².